The third-order valence-corrected chi connectivity index (χ3v) is 11.2. The van der Waals surface area contributed by atoms with E-state index < -0.39 is 0 Å². The first-order valence-corrected chi connectivity index (χ1v) is 14.3. The number of esters is 1. The number of nitrogens with one attached hydrogen (secondary N) is 1. The van der Waals surface area contributed by atoms with Crippen LogP contribution < -0.4 is 5.32 Å². The number of ether oxygens (including phenoxy) is 1. The lowest BCUT2D eigenvalue weighted by Gasteiger charge is -2.58. The van der Waals surface area contributed by atoms with Gasteiger partial charge in [-0.2, -0.15) is 0 Å². The molecule has 5 heteroatoms. The Labute approximate surface area is 216 Å². The van der Waals surface area contributed by atoms with E-state index >= 15 is 0 Å². The topological polar surface area (TPSA) is 72.5 Å². The first-order chi connectivity index (χ1) is 17.0. The number of ketones is 1. The molecule has 36 heavy (non-hydrogen) atoms. The van der Waals surface area contributed by atoms with Crippen LogP contribution in [0.15, 0.2) is 22.8 Å². The quantitative estimate of drug-likeness (QED) is 0.387. The highest BCUT2D eigenvalue weighted by atomic mass is 16.5. The van der Waals surface area contributed by atoms with Gasteiger partial charge in [0.2, 0.25) is 5.91 Å². The Balaban J connectivity index is 1.40. The number of amides is 1. The SMILES string of the molecule is CC(=O)NCC(C)CC1=C2CC3C4CC=C5CC(OC(C)=O)CCC5(C)C4CCC3(C)C2C(C)C1=O. The van der Waals surface area contributed by atoms with Gasteiger partial charge in [-0.1, -0.05) is 44.9 Å². The van der Waals surface area contributed by atoms with Gasteiger partial charge in [0.15, 0.2) is 5.78 Å². The van der Waals surface area contributed by atoms with E-state index in [9.17, 15) is 14.4 Å². The van der Waals surface area contributed by atoms with E-state index in [-0.39, 0.29) is 40.6 Å². The summed E-state index contributed by atoms with van der Waals surface area (Å²) >= 11 is 0. The fraction of sp³-hybridized carbons (Fsp3) is 0.774. The lowest BCUT2D eigenvalue weighted by molar-refractivity contribution is -0.148. The molecule has 0 bridgehead atoms. The number of carbonyl (C=O) groups is 3. The predicted molar refractivity (Wildman–Crippen MR) is 140 cm³/mol. The highest BCUT2D eigenvalue weighted by molar-refractivity contribution is 6.01. The van der Waals surface area contributed by atoms with Crippen molar-refractivity contribution in [3.05, 3.63) is 22.8 Å². The van der Waals surface area contributed by atoms with Gasteiger partial charge in [-0.3, -0.25) is 14.4 Å². The zero-order valence-electron chi connectivity index (χ0n) is 23.1. The van der Waals surface area contributed by atoms with Gasteiger partial charge < -0.3 is 10.1 Å². The first-order valence-electron chi connectivity index (χ1n) is 14.3. The summed E-state index contributed by atoms with van der Waals surface area (Å²) in [5.74, 6) is 2.91. The molecule has 0 aliphatic heterocycles. The number of carbonyl (C=O) groups excluding carboxylic acids is 3. The first kappa shape index (κ1) is 25.7. The predicted octanol–water partition coefficient (Wildman–Crippen LogP) is 5.78. The average molecular weight is 496 g/mol. The molecule has 3 fully saturated rings. The van der Waals surface area contributed by atoms with Crippen LogP contribution in [0.3, 0.4) is 0 Å². The van der Waals surface area contributed by atoms with Crippen molar-refractivity contribution in [2.75, 3.05) is 6.54 Å². The van der Waals surface area contributed by atoms with Gasteiger partial charge in [-0.25, -0.2) is 0 Å². The molecule has 9 unspecified atom stereocenters. The van der Waals surface area contributed by atoms with E-state index in [0.717, 1.165) is 44.1 Å². The molecule has 5 nitrogen and oxygen atoms in total. The van der Waals surface area contributed by atoms with Crippen LogP contribution in [0, 0.1) is 46.3 Å². The minimum Gasteiger partial charge on any atom is -0.462 e. The normalized spacial score (nSPS) is 42.1. The minimum absolute atomic E-state index is 0.00552. The molecule has 1 amide bonds. The lowest BCUT2D eigenvalue weighted by atomic mass is 9.47. The molecule has 0 aromatic heterocycles. The number of hydrogen-bond donors (Lipinski definition) is 1. The zero-order valence-corrected chi connectivity index (χ0v) is 23.1. The molecule has 5 aliphatic carbocycles. The Morgan fingerprint density at radius 3 is 2.58 bits per heavy atom. The Kier molecular flexibility index (Phi) is 6.53. The van der Waals surface area contributed by atoms with Crippen LogP contribution in [0.4, 0.5) is 0 Å². The second-order valence-electron chi connectivity index (χ2n) is 13.4. The summed E-state index contributed by atoms with van der Waals surface area (Å²) in [4.78, 5) is 36.4. The molecular formula is C31H45NO4. The Hall–Kier alpha value is -1.91. The lowest BCUT2D eigenvalue weighted by Crippen LogP contribution is -2.51. The van der Waals surface area contributed by atoms with Gasteiger partial charge in [0.05, 0.1) is 0 Å². The van der Waals surface area contributed by atoms with Crippen molar-refractivity contribution >= 4 is 17.7 Å². The summed E-state index contributed by atoms with van der Waals surface area (Å²) in [5.41, 5.74) is 4.50. The van der Waals surface area contributed by atoms with Crippen LogP contribution >= 0.6 is 0 Å². The summed E-state index contributed by atoms with van der Waals surface area (Å²) in [6, 6.07) is 0. The van der Waals surface area contributed by atoms with Gasteiger partial charge in [0.1, 0.15) is 6.10 Å². The fourth-order valence-corrected chi connectivity index (χ4v) is 9.58. The van der Waals surface area contributed by atoms with Gasteiger partial charge in [0, 0.05) is 32.7 Å². The van der Waals surface area contributed by atoms with Gasteiger partial charge >= 0.3 is 5.97 Å². The van der Waals surface area contributed by atoms with Crippen LogP contribution in [0.1, 0.15) is 92.9 Å². The molecule has 1 N–H and O–H groups in total. The van der Waals surface area contributed by atoms with Crippen LogP contribution in [0.2, 0.25) is 0 Å². The molecule has 0 aromatic rings. The van der Waals surface area contributed by atoms with Gasteiger partial charge in [-0.15, -0.1) is 0 Å². The van der Waals surface area contributed by atoms with Crippen molar-refractivity contribution in [1.82, 2.24) is 5.32 Å². The number of allylic oxidation sites excluding steroid dienone is 3. The second-order valence-corrected chi connectivity index (χ2v) is 13.4. The van der Waals surface area contributed by atoms with E-state index in [1.54, 1.807) is 6.92 Å². The highest BCUT2D eigenvalue weighted by Gasteiger charge is 2.63. The summed E-state index contributed by atoms with van der Waals surface area (Å²) in [6.07, 6.45) is 11.0. The Morgan fingerprint density at radius 2 is 1.89 bits per heavy atom. The number of hydrogen-bond acceptors (Lipinski definition) is 4. The van der Waals surface area contributed by atoms with E-state index in [2.05, 4.69) is 39.1 Å². The smallest absolute Gasteiger partial charge is 0.302 e. The summed E-state index contributed by atoms with van der Waals surface area (Å²) in [6.45, 7) is 13.0. The molecule has 0 aromatic carbocycles. The number of fused-ring (bicyclic) bond motifs is 7. The minimum atomic E-state index is -0.164. The van der Waals surface area contributed by atoms with Crippen LogP contribution in [0.5, 0.6) is 0 Å². The second kappa shape index (κ2) is 9.13. The standard InChI is InChI=1S/C31H45NO4/c1-17(16-32-19(3)33)13-25-24-15-27-23-8-7-21-14-22(36-20(4)34)9-11-30(21,5)26(23)10-12-31(27,6)28(24)18(2)29(25)35/h7,17-18,22-23,26-28H,8-16H2,1-6H3,(H,32,33). The zero-order chi connectivity index (χ0) is 26.0. The maximum absolute atomic E-state index is 13.4. The molecule has 3 saturated carbocycles. The molecule has 9 atom stereocenters. The van der Waals surface area contributed by atoms with Crippen molar-refractivity contribution in [3.8, 4) is 0 Å². The van der Waals surface area contributed by atoms with Crippen molar-refractivity contribution in [2.24, 2.45) is 46.3 Å². The van der Waals surface area contributed by atoms with Gasteiger partial charge in [-0.05, 0) is 90.9 Å². The molecule has 0 heterocycles. The molecule has 5 rings (SSSR count). The summed E-state index contributed by atoms with van der Waals surface area (Å²) < 4.78 is 5.61. The summed E-state index contributed by atoms with van der Waals surface area (Å²) in [7, 11) is 0. The van der Waals surface area contributed by atoms with Crippen LogP contribution in [0.25, 0.3) is 0 Å². The van der Waals surface area contributed by atoms with Crippen molar-refractivity contribution in [3.63, 3.8) is 0 Å². The third-order valence-electron chi connectivity index (χ3n) is 11.2. The Bertz CT molecular complexity index is 1030. The van der Waals surface area contributed by atoms with E-state index in [4.69, 9.17) is 4.74 Å². The van der Waals surface area contributed by atoms with Crippen molar-refractivity contribution in [1.29, 1.82) is 0 Å². The maximum Gasteiger partial charge on any atom is 0.302 e. The van der Waals surface area contributed by atoms with E-state index in [0.29, 0.717) is 36.0 Å². The largest absolute Gasteiger partial charge is 0.462 e. The number of rotatable bonds is 5. The average Bonchev–Trinajstić information content (AvgIpc) is 3.24. The van der Waals surface area contributed by atoms with E-state index in [1.807, 2.05) is 0 Å². The summed E-state index contributed by atoms with van der Waals surface area (Å²) in [5, 5.41) is 2.94. The number of Topliss-reactive ketones (excluding diaryl/α,β-unsaturated/α-hetero) is 1. The van der Waals surface area contributed by atoms with Crippen molar-refractivity contribution in [2.45, 2.75) is 99.0 Å². The fourth-order valence-electron chi connectivity index (χ4n) is 9.58. The molecule has 0 saturated heterocycles. The van der Waals surface area contributed by atoms with Crippen molar-refractivity contribution < 1.29 is 19.1 Å². The molecule has 198 valence electrons. The van der Waals surface area contributed by atoms with Gasteiger partial charge in [0.25, 0.3) is 0 Å². The molecule has 0 spiro atoms. The molecular weight excluding hydrogens is 450 g/mol. The third kappa shape index (κ3) is 4.00. The molecule has 5 aliphatic rings. The van der Waals surface area contributed by atoms with Crippen LogP contribution in [-0.2, 0) is 19.1 Å². The monoisotopic (exact) mass is 495 g/mol. The maximum atomic E-state index is 13.4. The Morgan fingerprint density at radius 1 is 1.14 bits per heavy atom. The van der Waals surface area contributed by atoms with E-state index in [1.165, 1.54) is 30.9 Å². The van der Waals surface area contributed by atoms with Crippen LogP contribution in [-0.4, -0.2) is 30.3 Å². The molecule has 0 radical (unpaired) electrons. The highest BCUT2D eigenvalue weighted by Crippen LogP contribution is 2.70.